The van der Waals surface area contributed by atoms with E-state index in [4.69, 9.17) is 0 Å². The predicted molar refractivity (Wildman–Crippen MR) is 131 cm³/mol. The average molecular weight is 445 g/mol. The van der Waals surface area contributed by atoms with Gasteiger partial charge < -0.3 is 20.4 Å². The maximum absolute atomic E-state index is 13.1. The molecule has 1 unspecified atom stereocenters. The van der Waals surface area contributed by atoms with Gasteiger partial charge in [0.15, 0.2) is 0 Å². The molecule has 0 fully saturated rings. The Balaban J connectivity index is 2.36. The number of nitrogens with zero attached hydrogens (tertiary/aromatic N) is 2. The number of benzene rings is 1. The van der Waals surface area contributed by atoms with Crippen LogP contribution in [-0.2, 0) is 6.54 Å². The number of amides is 3. The van der Waals surface area contributed by atoms with Gasteiger partial charge in [-0.2, -0.15) is 0 Å². The van der Waals surface area contributed by atoms with Crippen molar-refractivity contribution in [1.82, 2.24) is 10.2 Å². The third kappa shape index (κ3) is 6.99. The van der Waals surface area contributed by atoms with E-state index in [0.29, 0.717) is 23.0 Å². The molecule has 6 nitrogen and oxygen atoms in total. The molecule has 1 aromatic carbocycles. The minimum absolute atomic E-state index is 0.0433. The van der Waals surface area contributed by atoms with Crippen molar-refractivity contribution >= 4 is 34.6 Å². The summed E-state index contributed by atoms with van der Waals surface area (Å²) in [5, 5.41) is 7.96. The van der Waals surface area contributed by atoms with Crippen molar-refractivity contribution in [2.45, 2.75) is 59.7 Å². The van der Waals surface area contributed by atoms with Gasteiger partial charge >= 0.3 is 6.03 Å². The highest BCUT2D eigenvalue weighted by molar-refractivity contribution is 7.12. The van der Waals surface area contributed by atoms with E-state index in [-0.39, 0.29) is 23.5 Å². The van der Waals surface area contributed by atoms with Crippen LogP contribution in [0.5, 0.6) is 0 Å². The van der Waals surface area contributed by atoms with Gasteiger partial charge in [0.05, 0.1) is 4.88 Å². The Kier molecular flexibility index (Phi) is 8.12. The van der Waals surface area contributed by atoms with Crippen LogP contribution in [0, 0.1) is 5.92 Å². The molecule has 31 heavy (non-hydrogen) atoms. The lowest BCUT2D eigenvalue weighted by Crippen LogP contribution is -2.52. The molecule has 0 aliphatic rings. The second-order valence-corrected chi connectivity index (χ2v) is 10.4. The molecule has 0 radical (unpaired) electrons. The summed E-state index contributed by atoms with van der Waals surface area (Å²) < 4.78 is 0. The fraction of sp³-hybridized carbons (Fsp3) is 0.500. The number of carbonyl (C=O) groups excluding carboxylic acids is 2. The van der Waals surface area contributed by atoms with Gasteiger partial charge in [-0.25, -0.2) is 4.79 Å². The van der Waals surface area contributed by atoms with Crippen LogP contribution in [0.2, 0.25) is 0 Å². The Morgan fingerprint density at radius 2 is 1.77 bits per heavy atom. The number of hydrogen-bond acceptors (Lipinski definition) is 4. The molecule has 1 aromatic heterocycles. The number of thiophene rings is 1. The van der Waals surface area contributed by atoms with Gasteiger partial charge in [0.25, 0.3) is 5.91 Å². The molecular formula is C24H36N4O2S. The lowest BCUT2D eigenvalue weighted by Gasteiger charge is -2.35. The van der Waals surface area contributed by atoms with Crippen LogP contribution in [-0.4, -0.2) is 42.5 Å². The number of urea groups is 1. The van der Waals surface area contributed by atoms with E-state index in [1.54, 1.807) is 6.07 Å². The number of anilines is 2. The molecule has 3 amide bonds. The molecule has 0 aliphatic carbocycles. The second-order valence-electron chi connectivity index (χ2n) is 9.46. The van der Waals surface area contributed by atoms with Crippen LogP contribution in [0.3, 0.4) is 0 Å². The van der Waals surface area contributed by atoms with Gasteiger partial charge in [0, 0.05) is 43.6 Å². The highest BCUT2D eigenvalue weighted by Crippen LogP contribution is 2.27. The summed E-state index contributed by atoms with van der Waals surface area (Å²) in [4.78, 5) is 30.2. The Morgan fingerprint density at radius 1 is 1.10 bits per heavy atom. The summed E-state index contributed by atoms with van der Waals surface area (Å²) in [5.41, 5.74) is 2.38. The first-order valence-corrected chi connectivity index (χ1v) is 11.5. The van der Waals surface area contributed by atoms with Gasteiger partial charge in [0.1, 0.15) is 0 Å². The summed E-state index contributed by atoms with van der Waals surface area (Å²) in [5.74, 6) is 0.173. The van der Waals surface area contributed by atoms with E-state index in [2.05, 4.69) is 31.4 Å². The molecule has 0 saturated carbocycles. The zero-order valence-corrected chi connectivity index (χ0v) is 20.8. The standard InChI is InChI=1S/C24H36N4O2S/c1-16(2)17(3)28(23(30)26-24(4,5)6)15-18-14-19(11-12-20(18)27(7)8)25-22(29)21-10-9-13-31-21/h9-14,16-17H,15H2,1-8H3,(H,25,29)(H,26,30). The van der Waals surface area contributed by atoms with Gasteiger partial charge in [0.2, 0.25) is 0 Å². The number of rotatable bonds is 7. The van der Waals surface area contributed by atoms with E-state index >= 15 is 0 Å². The molecule has 0 spiro atoms. The highest BCUT2D eigenvalue weighted by atomic mass is 32.1. The van der Waals surface area contributed by atoms with Crippen molar-refractivity contribution in [3.05, 3.63) is 46.2 Å². The minimum Gasteiger partial charge on any atom is -0.377 e. The van der Waals surface area contributed by atoms with Crippen molar-refractivity contribution in [3.63, 3.8) is 0 Å². The smallest absolute Gasteiger partial charge is 0.318 e. The topological polar surface area (TPSA) is 64.7 Å². The number of hydrogen-bond donors (Lipinski definition) is 2. The highest BCUT2D eigenvalue weighted by Gasteiger charge is 2.27. The van der Waals surface area contributed by atoms with Crippen LogP contribution in [0.15, 0.2) is 35.7 Å². The van der Waals surface area contributed by atoms with Crippen molar-refractivity contribution in [2.75, 3.05) is 24.3 Å². The third-order valence-electron chi connectivity index (χ3n) is 5.10. The molecule has 7 heteroatoms. The molecular weight excluding hydrogens is 408 g/mol. The maximum Gasteiger partial charge on any atom is 0.318 e. The molecule has 2 aromatic rings. The van der Waals surface area contributed by atoms with Gasteiger partial charge in [-0.05, 0) is 68.8 Å². The fourth-order valence-electron chi connectivity index (χ4n) is 3.16. The quantitative estimate of drug-likeness (QED) is 0.599. The van der Waals surface area contributed by atoms with Crippen LogP contribution in [0.4, 0.5) is 16.2 Å². The first kappa shape index (κ1) is 24.7. The van der Waals surface area contributed by atoms with E-state index < -0.39 is 0 Å². The van der Waals surface area contributed by atoms with Crippen molar-refractivity contribution < 1.29 is 9.59 Å². The normalized spacial score (nSPS) is 12.4. The van der Waals surface area contributed by atoms with Gasteiger partial charge in [-0.3, -0.25) is 4.79 Å². The molecule has 170 valence electrons. The van der Waals surface area contributed by atoms with E-state index in [9.17, 15) is 9.59 Å². The minimum atomic E-state index is -0.326. The molecule has 1 heterocycles. The Bertz CT molecular complexity index is 885. The molecule has 2 N–H and O–H groups in total. The van der Waals surface area contributed by atoms with Crippen molar-refractivity contribution in [2.24, 2.45) is 5.92 Å². The molecule has 0 aliphatic heterocycles. The molecule has 1 atom stereocenters. The van der Waals surface area contributed by atoms with Crippen LogP contribution < -0.4 is 15.5 Å². The van der Waals surface area contributed by atoms with Crippen molar-refractivity contribution in [3.8, 4) is 0 Å². The first-order valence-electron chi connectivity index (χ1n) is 10.6. The van der Waals surface area contributed by atoms with Crippen molar-refractivity contribution in [1.29, 1.82) is 0 Å². The Hall–Kier alpha value is -2.54. The zero-order valence-electron chi connectivity index (χ0n) is 19.9. The fourth-order valence-corrected chi connectivity index (χ4v) is 3.78. The van der Waals surface area contributed by atoms with Crippen LogP contribution in [0.1, 0.15) is 56.8 Å². The number of nitrogens with one attached hydrogen (secondary N) is 2. The van der Waals surface area contributed by atoms with E-state index in [1.165, 1.54) is 11.3 Å². The average Bonchev–Trinajstić information content (AvgIpc) is 3.18. The Labute approximate surface area is 190 Å². The summed E-state index contributed by atoms with van der Waals surface area (Å²) in [6, 6.07) is 9.46. The molecule has 0 bridgehead atoms. The van der Waals surface area contributed by atoms with Gasteiger partial charge in [-0.15, -0.1) is 11.3 Å². The van der Waals surface area contributed by atoms with Crippen LogP contribution in [0.25, 0.3) is 0 Å². The Morgan fingerprint density at radius 3 is 2.29 bits per heavy atom. The van der Waals surface area contributed by atoms with Gasteiger partial charge in [-0.1, -0.05) is 19.9 Å². The SMILES string of the molecule is CC(C)C(C)N(Cc1cc(NC(=O)c2cccs2)ccc1N(C)C)C(=O)NC(C)(C)C. The van der Waals surface area contributed by atoms with Crippen LogP contribution >= 0.6 is 11.3 Å². The van der Waals surface area contributed by atoms with E-state index in [0.717, 1.165) is 11.3 Å². The molecule has 2 rings (SSSR count). The first-order chi connectivity index (χ1) is 14.4. The summed E-state index contributed by atoms with van der Waals surface area (Å²) in [6.07, 6.45) is 0. The lowest BCUT2D eigenvalue weighted by atomic mass is 10.0. The largest absolute Gasteiger partial charge is 0.377 e. The third-order valence-corrected chi connectivity index (χ3v) is 5.97. The summed E-state index contributed by atoms with van der Waals surface area (Å²) in [6.45, 7) is 12.7. The van der Waals surface area contributed by atoms with E-state index in [1.807, 2.05) is 74.3 Å². The lowest BCUT2D eigenvalue weighted by molar-refractivity contribution is 0.103. The predicted octanol–water partition coefficient (Wildman–Crippen LogP) is 5.42. The monoisotopic (exact) mass is 444 g/mol. The maximum atomic E-state index is 13.1. The zero-order chi connectivity index (χ0) is 23.3. The number of carbonyl (C=O) groups is 2. The summed E-state index contributed by atoms with van der Waals surface area (Å²) in [7, 11) is 3.96. The second kappa shape index (κ2) is 10.2. The molecule has 0 saturated heterocycles. The summed E-state index contributed by atoms with van der Waals surface area (Å²) >= 11 is 1.41.